The van der Waals surface area contributed by atoms with Crippen LogP contribution in [0.2, 0.25) is 0 Å². The summed E-state index contributed by atoms with van der Waals surface area (Å²) < 4.78 is 12.6. The molecule has 0 aromatic carbocycles. The molecule has 0 N–H and O–H groups in total. The Labute approximate surface area is 47.5 Å². The van der Waals surface area contributed by atoms with Gasteiger partial charge >= 0.3 is 0 Å². The number of rotatable bonds is 1. The Morgan fingerprint density at radius 3 is 2.43 bits per heavy atom. The molecule has 1 rings (SSSR count). The lowest BCUT2D eigenvalue weighted by Gasteiger charge is -2.31. The molecule has 0 radical (unpaired) electrons. The van der Waals surface area contributed by atoms with Gasteiger partial charge in [0.25, 0.3) is 0 Å². The fraction of sp³-hybridized carbons (Fsp3) is 1.00. The average Bonchev–Trinajstić information content (AvgIpc) is 1.61. The van der Waals surface area contributed by atoms with E-state index in [1.54, 1.807) is 0 Å². The molecule has 1 atom stereocenters. The molecular formula is C5H9FS. The van der Waals surface area contributed by atoms with Crippen molar-refractivity contribution >= 4 is 11.8 Å². The lowest BCUT2D eigenvalue weighted by atomic mass is 10.2. The number of alkyl halides is 1. The number of hydrogen-bond acceptors (Lipinski definition) is 1. The maximum Gasteiger partial charge on any atom is 0.156 e. The zero-order valence-corrected chi connectivity index (χ0v) is 5.22. The van der Waals surface area contributed by atoms with Gasteiger partial charge in [-0.3, -0.25) is 0 Å². The van der Waals surface area contributed by atoms with Crippen LogP contribution in [0.5, 0.6) is 0 Å². The van der Waals surface area contributed by atoms with Gasteiger partial charge in [0.2, 0.25) is 0 Å². The van der Waals surface area contributed by atoms with Crippen LogP contribution in [-0.4, -0.2) is 10.8 Å². The van der Waals surface area contributed by atoms with Gasteiger partial charge in [0, 0.05) is 12.2 Å². The molecule has 0 bridgehead atoms. The van der Waals surface area contributed by atoms with E-state index in [1.807, 2.05) is 6.92 Å². The van der Waals surface area contributed by atoms with Gasteiger partial charge < -0.3 is 0 Å². The highest BCUT2D eigenvalue weighted by Crippen LogP contribution is 2.44. The third-order valence-electron chi connectivity index (χ3n) is 1.36. The molecule has 42 valence electrons. The van der Waals surface area contributed by atoms with Crippen molar-refractivity contribution in [1.29, 1.82) is 0 Å². The molecule has 7 heavy (non-hydrogen) atoms. The smallest absolute Gasteiger partial charge is 0.156 e. The first-order chi connectivity index (χ1) is 3.27. The van der Waals surface area contributed by atoms with Crippen molar-refractivity contribution in [3.8, 4) is 0 Å². The lowest BCUT2D eigenvalue weighted by molar-refractivity contribution is 0.253. The van der Waals surface area contributed by atoms with E-state index in [2.05, 4.69) is 0 Å². The van der Waals surface area contributed by atoms with Crippen LogP contribution in [0.3, 0.4) is 0 Å². The Bertz CT molecular complexity index is 63.0. The second kappa shape index (κ2) is 1.66. The molecule has 0 unspecified atom stereocenters. The molecule has 0 amide bonds. The average molecular weight is 120 g/mol. The molecule has 0 aromatic heterocycles. The van der Waals surface area contributed by atoms with E-state index in [0.717, 1.165) is 12.2 Å². The predicted octanol–water partition coefficient (Wildman–Crippen LogP) is 2.20. The Morgan fingerprint density at radius 1 is 1.86 bits per heavy atom. The normalized spacial score (nSPS) is 40.3. The monoisotopic (exact) mass is 120 g/mol. The molecule has 0 nitrogen and oxygen atoms in total. The molecule has 1 aliphatic rings. The van der Waals surface area contributed by atoms with Gasteiger partial charge in [0.15, 0.2) is 5.00 Å². The van der Waals surface area contributed by atoms with Gasteiger partial charge in [-0.25, -0.2) is 4.39 Å². The summed E-state index contributed by atoms with van der Waals surface area (Å²) in [5.74, 6) is 1.02. The summed E-state index contributed by atoms with van der Waals surface area (Å²) in [4.78, 5) is 0. The standard InChI is InChI=1S/C5H9FS/c1-2-5(6)3-4-7-5/h2-4H2,1H3/t5-/m1/s1. The van der Waals surface area contributed by atoms with Gasteiger partial charge in [-0.05, 0) is 6.42 Å². The molecule has 1 fully saturated rings. The minimum Gasteiger partial charge on any atom is -0.232 e. The van der Waals surface area contributed by atoms with Crippen molar-refractivity contribution < 1.29 is 4.39 Å². The van der Waals surface area contributed by atoms with E-state index in [-0.39, 0.29) is 0 Å². The Kier molecular flexibility index (Phi) is 1.28. The third-order valence-corrected chi connectivity index (χ3v) is 2.78. The summed E-state index contributed by atoms with van der Waals surface area (Å²) >= 11 is 1.44. The minimum atomic E-state index is -0.819. The zero-order chi connectivity index (χ0) is 5.33. The highest BCUT2D eigenvalue weighted by molar-refractivity contribution is 8.01. The summed E-state index contributed by atoms with van der Waals surface area (Å²) in [6, 6.07) is 0. The van der Waals surface area contributed by atoms with E-state index in [4.69, 9.17) is 0 Å². The van der Waals surface area contributed by atoms with Crippen LogP contribution in [0.25, 0.3) is 0 Å². The Morgan fingerprint density at radius 2 is 2.43 bits per heavy atom. The van der Waals surface area contributed by atoms with Crippen LogP contribution in [-0.2, 0) is 0 Å². The highest BCUT2D eigenvalue weighted by atomic mass is 32.2. The van der Waals surface area contributed by atoms with Gasteiger partial charge in [0.05, 0.1) is 0 Å². The van der Waals surface area contributed by atoms with Crippen LogP contribution in [0.1, 0.15) is 19.8 Å². The third kappa shape index (κ3) is 0.904. The van der Waals surface area contributed by atoms with E-state index in [0.29, 0.717) is 6.42 Å². The summed E-state index contributed by atoms with van der Waals surface area (Å²) in [6.45, 7) is 1.90. The first-order valence-electron chi connectivity index (χ1n) is 2.60. The molecule has 0 saturated carbocycles. The molecular weight excluding hydrogens is 111 g/mol. The molecule has 2 heteroatoms. The first-order valence-corrected chi connectivity index (χ1v) is 3.58. The van der Waals surface area contributed by atoms with E-state index in [9.17, 15) is 4.39 Å². The summed E-state index contributed by atoms with van der Waals surface area (Å²) in [5, 5.41) is -0.819. The van der Waals surface area contributed by atoms with Gasteiger partial charge in [0.1, 0.15) is 0 Å². The van der Waals surface area contributed by atoms with Crippen LogP contribution in [0, 0.1) is 0 Å². The fourth-order valence-corrected chi connectivity index (χ4v) is 1.45. The van der Waals surface area contributed by atoms with Crippen molar-refractivity contribution in [2.75, 3.05) is 5.75 Å². The maximum absolute atomic E-state index is 12.6. The number of halogens is 1. The quantitative estimate of drug-likeness (QED) is 0.511. The van der Waals surface area contributed by atoms with Crippen LogP contribution in [0.4, 0.5) is 4.39 Å². The SMILES string of the molecule is CC[C@]1(F)CCS1. The zero-order valence-electron chi connectivity index (χ0n) is 4.41. The Hall–Kier alpha value is 0.280. The van der Waals surface area contributed by atoms with Crippen molar-refractivity contribution in [1.82, 2.24) is 0 Å². The molecule has 0 aromatic rings. The van der Waals surface area contributed by atoms with E-state index in [1.165, 1.54) is 11.8 Å². The second-order valence-electron chi connectivity index (χ2n) is 1.84. The topological polar surface area (TPSA) is 0 Å². The lowest BCUT2D eigenvalue weighted by Crippen LogP contribution is -2.27. The largest absolute Gasteiger partial charge is 0.232 e. The predicted molar refractivity (Wildman–Crippen MR) is 31.2 cm³/mol. The van der Waals surface area contributed by atoms with E-state index < -0.39 is 5.00 Å². The molecule has 0 aliphatic carbocycles. The van der Waals surface area contributed by atoms with Gasteiger partial charge in [-0.1, -0.05) is 6.92 Å². The maximum atomic E-state index is 12.6. The molecule has 1 saturated heterocycles. The number of thioether (sulfide) groups is 1. The Balaban J connectivity index is 2.29. The summed E-state index contributed by atoms with van der Waals surface area (Å²) in [7, 11) is 0. The van der Waals surface area contributed by atoms with Gasteiger partial charge in [-0.2, -0.15) is 0 Å². The molecule has 1 heterocycles. The second-order valence-corrected chi connectivity index (χ2v) is 3.26. The highest BCUT2D eigenvalue weighted by Gasteiger charge is 2.35. The summed E-state index contributed by atoms with van der Waals surface area (Å²) in [6.07, 6.45) is 1.45. The van der Waals surface area contributed by atoms with Crippen LogP contribution < -0.4 is 0 Å². The first kappa shape index (κ1) is 5.42. The fourth-order valence-electron chi connectivity index (χ4n) is 0.602. The van der Waals surface area contributed by atoms with Gasteiger partial charge in [-0.15, -0.1) is 11.8 Å². The molecule has 1 aliphatic heterocycles. The van der Waals surface area contributed by atoms with Crippen molar-refractivity contribution in [2.45, 2.75) is 24.8 Å². The van der Waals surface area contributed by atoms with Crippen LogP contribution in [0.15, 0.2) is 0 Å². The van der Waals surface area contributed by atoms with E-state index >= 15 is 0 Å². The van der Waals surface area contributed by atoms with Crippen LogP contribution >= 0.6 is 11.8 Å². The van der Waals surface area contributed by atoms with Crippen molar-refractivity contribution in [3.05, 3.63) is 0 Å². The minimum absolute atomic E-state index is 0.678. The van der Waals surface area contributed by atoms with Crippen molar-refractivity contribution in [2.24, 2.45) is 0 Å². The van der Waals surface area contributed by atoms with Crippen molar-refractivity contribution in [3.63, 3.8) is 0 Å². The molecule has 0 spiro atoms. The number of hydrogen-bond donors (Lipinski definition) is 0. The summed E-state index contributed by atoms with van der Waals surface area (Å²) in [5.41, 5.74) is 0.